The number of benzene rings is 2. The van der Waals surface area contributed by atoms with Gasteiger partial charge in [0.2, 0.25) is 0 Å². The lowest BCUT2D eigenvalue weighted by molar-refractivity contribution is -0.122. The minimum absolute atomic E-state index is 0.103. The third-order valence-corrected chi connectivity index (χ3v) is 9.24. The van der Waals surface area contributed by atoms with Gasteiger partial charge in [-0.05, 0) is 61.8 Å². The standard InChI is InChI=1S/C32H32N4O2S2/c1-21-9-11-25(12-10-21)20-36-31(38)28(40-32(36)39)18-26-22(2)27(19-33)30(37)34(3)29(26)35-15-13-24(14-16-35)17-23-7-5-4-6-8-23/h4-12,18,24H,13-17,20H2,1-3H3/b28-18-. The Morgan fingerprint density at radius 1 is 1.02 bits per heavy atom. The molecule has 0 saturated carbocycles. The molecular weight excluding hydrogens is 537 g/mol. The molecular formula is C32H32N4O2S2. The van der Waals surface area contributed by atoms with E-state index in [1.54, 1.807) is 23.4 Å². The van der Waals surface area contributed by atoms with Crippen LogP contribution in [0.15, 0.2) is 64.3 Å². The molecule has 0 spiro atoms. The van der Waals surface area contributed by atoms with Gasteiger partial charge in [0.15, 0.2) is 0 Å². The normalized spacial score (nSPS) is 17.1. The maximum absolute atomic E-state index is 13.5. The Labute approximate surface area is 244 Å². The topological polar surface area (TPSA) is 69.3 Å². The molecule has 1 aromatic heterocycles. The van der Waals surface area contributed by atoms with Crippen LogP contribution in [-0.4, -0.2) is 32.8 Å². The number of thioether (sulfide) groups is 1. The third-order valence-electron chi connectivity index (χ3n) is 7.86. The predicted molar refractivity (Wildman–Crippen MR) is 166 cm³/mol. The highest BCUT2D eigenvalue weighted by Crippen LogP contribution is 2.37. The lowest BCUT2D eigenvalue weighted by Crippen LogP contribution is -2.39. The average molecular weight is 569 g/mol. The summed E-state index contributed by atoms with van der Waals surface area (Å²) in [6.07, 6.45) is 4.87. The highest BCUT2D eigenvalue weighted by molar-refractivity contribution is 8.26. The monoisotopic (exact) mass is 568 g/mol. The number of pyridine rings is 1. The average Bonchev–Trinajstić information content (AvgIpc) is 3.22. The number of aryl methyl sites for hydroxylation is 1. The first-order valence-corrected chi connectivity index (χ1v) is 14.7. The van der Waals surface area contributed by atoms with Crippen LogP contribution in [0.1, 0.15) is 46.2 Å². The molecule has 5 rings (SSSR count). The van der Waals surface area contributed by atoms with Crippen LogP contribution in [0.5, 0.6) is 0 Å². The zero-order valence-electron chi connectivity index (χ0n) is 23.0. The number of piperidine rings is 1. The molecule has 204 valence electrons. The highest BCUT2D eigenvalue weighted by Gasteiger charge is 2.33. The molecule has 0 unspecified atom stereocenters. The summed E-state index contributed by atoms with van der Waals surface area (Å²) >= 11 is 6.87. The Hall–Kier alpha value is -3.67. The lowest BCUT2D eigenvalue weighted by Gasteiger charge is -2.36. The molecule has 2 aliphatic rings. The number of nitrogens with zero attached hydrogens (tertiary/aromatic N) is 4. The van der Waals surface area contributed by atoms with Crippen LogP contribution in [-0.2, 0) is 24.8 Å². The van der Waals surface area contributed by atoms with E-state index in [0.717, 1.165) is 54.9 Å². The molecule has 40 heavy (non-hydrogen) atoms. The molecule has 0 radical (unpaired) electrons. The Morgan fingerprint density at radius 2 is 1.70 bits per heavy atom. The molecule has 0 N–H and O–H groups in total. The molecule has 3 heterocycles. The molecule has 2 aliphatic heterocycles. The molecule has 0 bridgehead atoms. The van der Waals surface area contributed by atoms with E-state index in [4.69, 9.17) is 12.2 Å². The van der Waals surface area contributed by atoms with Crippen LogP contribution in [0, 0.1) is 31.1 Å². The van der Waals surface area contributed by atoms with Crippen molar-refractivity contribution in [3.05, 3.63) is 103 Å². The fourth-order valence-corrected chi connectivity index (χ4v) is 6.77. The summed E-state index contributed by atoms with van der Waals surface area (Å²) in [4.78, 5) is 31.0. The number of carbonyl (C=O) groups is 1. The molecule has 2 fully saturated rings. The van der Waals surface area contributed by atoms with E-state index in [1.165, 1.54) is 17.3 Å². The number of amides is 1. The Morgan fingerprint density at radius 3 is 2.35 bits per heavy atom. The van der Waals surface area contributed by atoms with Gasteiger partial charge in [0.25, 0.3) is 11.5 Å². The van der Waals surface area contributed by atoms with Gasteiger partial charge in [-0.25, -0.2) is 0 Å². The number of rotatable bonds is 6. The number of carbonyl (C=O) groups excluding carboxylic acids is 1. The van der Waals surface area contributed by atoms with Gasteiger partial charge in [-0.2, -0.15) is 5.26 Å². The van der Waals surface area contributed by atoms with Crippen molar-refractivity contribution >= 4 is 46.1 Å². The molecule has 8 heteroatoms. The number of hydrogen-bond donors (Lipinski definition) is 0. The van der Waals surface area contributed by atoms with Gasteiger partial charge < -0.3 is 4.90 Å². The van der Waals surface area contributed by atoms with E-state index in [2.05, 4.69) is 35.2 Å². The highest BCUT2D eigenvalue weighted by atomic mass is 32.2. The summed E-state index contributed by atoms with van der Waals surface area (Å²) in [6.45, 7) is 5.82. The van der Waals surface area contributed by atoms with Crippen LogP contribution in [0.25, 0.3) is 6.08 Å². The number of nitriles is 1. The third kappa shape index (κ3) is 5.63. The van der Waals surface area contributed by atoms with E-state index in [-0.39, 0.29) is 17.0 Å². The van der Waals surface area contributed by atoms with Gasteiger partial charge >= 0.3 is 0 Å². The molecule has 2 saturated heterocycles. The zero-order chi connectivity index (χ0) is 28.4. The number of aromatic nitrogens is 1. The van der Waals surface area contributed by atoms with E-state index >= 15 is 0 Å². The molecule has 0 aliphatic carbocycles. The Kier molecular flexibility index (Phi) is 8.24. The summed E-state index contributed by atoms with van der Waals surface area (Å²) in [5.41, 5.74) is 4.62. The van der Waals surface area contributed by atoms with Gasteiger partial charge in [-0.3, -0.25) is 19.1 Å². The van der Waals surface area contributed by atoms with Crippen LogP contribution in [0.2, 0.25) is 0 Å². The number of hydrogen-bond acceptors (Lipinski definition) is 6. The van der Waals surface area contributed by atoms with Crippen molar-refractivity contribution in [3.63, 3.8) is 0 Å². The fourth-order valence-electron chi connectivity index (χ4n) is 5.53. The maximum atomic E-state index is 13.5. The van der Waals surface area contributed by atoms with Crippen LogP contribution >= 0.6 is 24.0 Å². The van der Waals surface area contributed by atoms with Crippen molar-refractivity contribution in [3.8, 4) is 6.07 Å². The largest absolute Gasteiger partial charge is 0.357 e. The van der Waals surface area contributed by atoms with Crippen molar-refractivity contribution in [1.82, 2.24) is 9.47 Å². The first kappa shape index (κ1) is 27.9. The van der Waals surface area contributed by atoms with E-state index < -0.39 is 0 Å². The van der Waals surface area contributed by atoms with Crippen LogP contribution < -0.4 is 10.5 Å². The second-order valence-electron chi connectivity index (χ2n) is 10.6. The van der Waals surface area contributed by atoms with Crippen molar-refractivity contribution in [2.45, 2.75) is 39.7 Å². The van der Waals surface area contributed by atoms with Crippen molar-refractivity contribution < 1.29 is 4.79 Å². The van der Waals surface area contributed by atoms with Crippen LogP contribution in [0.4, 0.5) is 5.82 Å². The van der Waals surface area contributed by atoms with E-state index in [1.807, 2.05) is 43.3 Å². The summed E-state index contributed by atoms with van der Waals surface area (Å²) in [6, 6.07) is 20.7. The van der Waals surface area contributed by atoms with Gasteiger partial charge in [0.05, 0.1) is 11.4 Å². The summed E-state index contributed by atoms with van der Waals surface area (Å²) in [5.74, 6) is 1.16. The number of anilines is 1. The molecule has 1 amide bonds. The molecule has 6 nitrogen and oxygen atoms in total. The quantitative estimate of drug-likeness (QED) is 0.279. The van der Waals surface area contributed by atoms with Crippen molar-refractivity contribution in [2.24, 2.45) is 13.0 Å². The van der Waals surface area contributed by atoms with Gasteiger partial charge in [0, 0.05) is 25.7 Å². The summed E-state index contributed by atoms with van der Waals surface area (Å²) < 4.78 is 2.07. The maximum Gasteiger partial charge on any atom is 0.270 e. The van der Waals surface area contributed by atoms with E-state index in [0.29, 0.717) is 27.3 Å². The minimum atomic E-state index is -0.314. The second-order valence-corrected chi connectivity index (χ2v) is 12.3. The van der Waals surface area contributed by atoms with Crippen LogP contribution in [0.3, 0.4) is 0 Å². The zero-order valence-corrected chi connectivity index (χ0v) is 24.6. The SMILES string of the molecule is Cc1ccc(CN2C(=O)/C(=C/c3c(C)c(C#N)c(=O)n(C)c3N3CCC(Cc4ccccc4)CC3)SC2=S)cc1. The number of thiocarbonyl (C=S) groups is 1. The first-order valence-electron chi connectivity index (χ1n) is 13.5. The molecule has 2 aromatic carbocycles. The first-order chi connectivity index (χ1) is 19.3. The summed E-state index contributed by atoms with van der Waals surface area (Å²) in [7, 11) is 1.72. The van der Waals surface area contributed by atoms with Gasteiger partial charge in [-0.1, -0.05) is 84.1 Å². The Balaban J connectivity index is 1.45. The van der Waals surface area contributed by atoms with Gasteiger partial charge in [0.1, 0.15) is 21.8 Å². The van der Waals surface area contributed by atoms with Crippen molar-refractivity contribution in [2.75, 3.05) is 18.0 Å². The second kappa shape index (κ2) is 11.8. The van der Waals surface area contributed by atoms with E-state index in [9.17, 15) is 14.9 Å². The molecule has 3 aromatic rings. The minimum Gasteiger partial charge on any atom is -0.357 e. The van der Waals surface area contributed by atoms with Gasteiger partial charge in [-0.15, -0.1) is 0 Å². The summed E-state index contributed by atoms with van der Waals surface area (Å²) in [5, 5.41) is 9.81. The predicted octanol–water partition coefficient (Wildman–Crippen LogP) is 5.73. The fraction of sp³-hybridized carbons (Fsp3) is 0.312. The molecule has 0 atom stereocenters. The Bertz CT molecular complexity index is 1580. The van der Waals surface area contributed by atoms with Crippen molar-refractivity contribution in [1.29, 1.82) is 5.26 Å². The lowest BCUT2D eigenvalue weighted by atomic mass is 9.90. The smallest absolute Gasteiger partial charge is 0.270 e.